The van der Waals surface area contributed by atoms with Crippen LogP contribution in [-0.4, -0.2) is 26.1 Å². The molecule has 0 aromatic rings. The quantitative estimate of drug-likeness (QED) is 0.761. The predicted molar refractivity (Wildman–Crippen MR) is 72.8 cm³/mol. The third kappa shape index (κ3) is 5.58. The smallest absolute Gasteiger partial charge is 0.211 e. The Morgan fingerprint density at radius 1 is 1.29 bits per heavy atom. The summed E-state index contributed by atoms with van der Waals surface area (Å²) in [5.41, 5.74) is 0. The van der Waals surface area contributed by atoms with Crippen LogP contribution in [0.3, 0.4) is 0 Å². The zero-order chi connectivity index (χ0) is 12.9. The van der Waals surface area contributed by atoms with Gasteiger partial charge in [-0.05, 0) is 31.1 Å². The number of nitrogens with one attached hydrogen (secondary N) is 1. The molecule has 17 heavy (non-hydrogen) atoms. The van der Waals surface area contributed by atoms with Gasteiger partial charge in [-0.15, -0.1) is 11.6 Å². The lowest BCUT2D eigenvalue weighted by molar-refractivity contribution is 0.313. The highest BCUT2D eigenvalue weighted by Gasteiger charge is 2.27. The summed E-state index contributed by atoms with van der Waals surface area (Å²) < 4.78 is 26.7. The van der Waals surface area contributed by atoms with Crippen molar-refractivity contribution in [1.82, 2.24) is 4.72 Å². The van der Waals surface area contributed by atoms with Crippen LogP contribution in [0.5, 0.6) is 0 Å². The normalized spacial score (nSPS) is 26.4. The van der Waals surface area contributed by atoms with Crippen molar-refractivity contribution in [3.8, 4) is 0 Å². The summed E-state index contributed by atoms with van der Waals surface area (Å²) in [5, 5.41) is 0. The van der Waals surface area contributed by atoms with Crippen LogP contribution in [0.1, 0.15) is 46.0 Å². The van der Waals surface area contributed by atoms with Crippen molar-refractivity contribution in [2.24, 2.45) is 11.8 Å². The van der Waals surface area contributed by atoms with Gasteiger partial charge in [0, 0.05) is 11.9 Å². The molecule has 1 aliphatic carbocycles. The number of hydrogen-bond donors (Lipinski definition) is 1. The maximum Gasteiger partial charge on any atom is 0.211 e. The van der Waals surface area contributed by atoms with E-state index in [1.807, 2.05) is 13.8 Å². The van der Waals surface area contributed by atoms with E-state index in [0.29, 0.717) is 24.1 Å². The Balaban J connectivity index is 2.50. The van der Waals surface area contributed by atoms with Gasteiger partial charge in [0.25, 0.3) is 0 Å². The van der Waals surface area contributed by atoms with E-state index in [1.54, 1.807) is 0 Å². The van der Waals surface area contributed by atoms with Crippen LogP contribution in [0, 0.1) is 11.8 Å². The van der Waals surface area contributed by atoms with E-state index in [1.165, 1.54) is 6.42 Å². The molecule has 0 aliphatic heterocycles. The van der Waals surface area contributed by atoms with Gasteiger partial charge in [-0.1, -0.05) is 26.7 Å². The van der Waals surface area contributed by atoms with Crippen LogP contribution in [0.15, 0.2) is 0 Å². The second-order valence-corrected chi connectivity index (χ2v) is 7.61. The molecule has 0 radical (unpaired) electrons. The molecule has 2 unspecified atom stereocenters. The highest BCUT2D eigenvalue weighted by molar-refractivity contribution is 7.89. The molecule has 0 saturated heterocycles. The van der Waals surface area contributed by atoms with E-state index in [2.05, 4.69) is 4.72 Å². The molecule has 1 saturated carbocycles. The number of rotatable bonds is 6. The zero-order valence-electron chi connectivity index (χ0n) is 10.8. The molecule has 1 rings (SSSR count). The molecule has 0 aromatic carbocycles. The number of alkyl halides is 1. The number of halogens is 1. The minimum atomic E-state index is -3.13. The molecule has 0 bridgehead atoms. The molecule has 0 aromatic heterocycles. The van der Waals surface area contributed by atoms with Crippen LogP contribution in [-0.2, 0) is 10.0 Å². The van der Waals surface area contributed by atoms with Gasteiger partial charge in [0.05, 0.1) is 5.75 Å². The lowest BCUT2D eigenvalue weighted by Gasteiger charge is -2.30. The standard InChI is InChI=1S/C12H24ClNO2S/c1-10(2)7-8-17(15,16)14-12-6-4-3-5-11(12)9-13/h10-12,14H,3-9H2,1-2H3. The minimum absolute atomic E-state index is 0.0541. The van der Waals surface area contributed by atoms with Gasteiger partial charge >= 0.3 is 0 Å². The Labute approximate surface area is 110 Å². The fraction of sp³-hybridized carbons (Fsp3) is 1.00. The van der Waals surface area contributed by atoms with Gasteiger partial charge in [0.15, 0.2) is 0 Å². The first-order valence-electron chi connectivity index (χ1n) is 6.50. The lowest BCUT2D eigenvalue weighted by Crippen LogP contribution is -2.43. The van der Waals surface area contributed by atoms with Gasteiger partial charge < -0.3 is 0 Å². The van der Waals surface area contributed by atoms with Crippen molar-refractivity contribution in [2.75, 3.05) is 11.6 Å². The van der Waals surface area contributed by atoms with Crippen LogP contribution in [0.4, 0.5) is 0 Å². The summed E-state index contributed by atoms with van der Waals surface area (Å²) >= 11 is 5.90. The molecule has 1 fully saturated rings. The molecule has 0 spiro atoms. The average molecular weight is 282 g/mol. The molecular weight excluding hydrogens is 258 g/mol. The fourth-order valence-corrected chi connectivity index (χ4v) is 4.27. The lowest BCUT2D eigenvalue weighted by atomic mass is 9.86. The fourth-order valence-electron chi connectivity index (χ4n) is 2.23. The second-order valence-electron chi connectivity index (χ2n) is 5.42. The largest absolute Gasteiger partial charge is 0.212 e. The van der Waals surface area contributed by atoms with E-state index in [-0.39, 0.29) is 11.8 Å². The van der Waals surface area contributed by atoms with Crippen LogP contribution < -0.4 is 4.72 Å². The Kier molecular flexibility index (Phi) is 6.24. The van der Waals surface area contributed by atoms with Crippen molar-refractivity contribution >= 4 is 21.6 Å². The monoisotopic (exact) mass is 281 g/mol. The van der Waals surface area contributed by atoms with Crippen molar-refractivity contribution in [1.29, 1.82) is 0 Å². The summed E-state index contributed by atoms with van der Waals surface area (Å²) in [6.07, 6.45) is 4.96. The Morgan fingerprint density at radius 2 is 1.94 bits per heavy atom. The van der Waals surface area contributed by atoms with Crippen molar-refractivity contribution < 1.29 is 8.42 Å². The molecule has 1 N–H and O–H groups in total. The van der Waals surface area contributed by atoms with Gasteiger partial charge in [0.1, 0.15) is 0 Å². The summed E-state index contributed by atoms with van der Waals surface area (Å²) in [6.45, 7) is 4.08. The molecule has 3 nitrogen and oxygen atoms in total. The van der Waals surface area contributed by atoms with E-state index in [0.717, 1.165) is 19.3 Å². The first kappa shape index (κ1) is 15.3. The highest BCUT2D eigenvalue weighted by atomic mass is 35.5. The Morgan fingerprint density at radius 3 is 2.53 bits per heavy atom. The molecule has 0 heterocycles. The first-order valence-corrected chi connectivity index (χ1v) is 8.69. The number of sulfonamides is 1. The summed E-state index contributed by atoms with van der Waals surface area (Å²) in [7, 11) is -3.13. The van der Waals surface area contributed by atoms with Gasteiger partial charge in [-0.25, -0.2) is 13.1 Å². The summed E-state index contributed by atoms with van der Waals surface area (Å²) in [6, 6.07) is 0.0541. The summed E-state index contributed by atoms with van der Waals surface area (Å²) in [5.74, 6) is 1.51. The van der Waals surface area contributed by atoms with Crippen LogP contribution >= 0.6 is 11.6 Å². The SMILES string of the molecule is CC(C)CCS(=O)(=O)NC1CCCCC1CCl. The molecule has 1 aliphatic rings. The van der Waals surface area contributed by atoms with Crippen LogP contribution in [0.25, 0.3) is 0 Å². The zero-order valence-corrected chi connectivity index (χ0v) is 12.4. The molecule has 5 heteroatoms. The van der Waals surface area contributed by atoms with E-state index in [4.69, 9.17) is 11.6 Å². The topological polar surface area (TPSA) is 46.2 Å². The maximum atomic E-state index is 11.9. The van der Waals surface area contributed by atoms with Gasteiger partial charge in [0.2, 0.25) is 10.0 Å². The van der Waals surface area contributed by atoms with Crippen molar-refractivity contribution in [2.45, 2.75) is 52.0 Å². The van der Waals surface area contributed by atoms with E-state index < -0.39 is 10.0 Å². The molecule has 102 valence electrons. The van der Waals surface area contributed by atoms with Gasteiger partial charge in [-0.2, -0.15) is 0 Å². The maximum absolute atomic E-state index is 11.9. The van der Waals surface area contributed by atoms with Crippen LogP contribution in [0.2, 0.25) is 0 Å². The van der Waals surface area contributed by atoms with Gasteiger partial charge in [-0.3, -0.25) is 0 Å². The highest BCUT2D eigenvalue weighted by Crippen LogP contribution is 2.26. The molecule has 0 amide bonds. The van der Waals surface area contributed by atoms with Crippen molar-refractivity contribution in [3.63, 3.8) is 0 Å². The predicted octanol–water partition coefficient (Wildman–Crippen LogP) is 2.75. The summed E-state index contributed by atoms with van der Waals surface area (Å²) in [4.78, 5) is 0. The van der Waals surface area contributed by atoms with E-state index in [9.17, 15) is 8.42 Å². The Bertz CT molecular complexity index is 316. The minimum Gasteiger partial charge on any atom is -0.212 e. The van der Waals surface area contributed by atoms with E-state index >= 15 is 0 Å². The molecular formula is C12H24ClNO2S. The Hall–Kier alpha value is 0.200. The third-order valence-corrected chi connectivity index (χ3v) is 5.23. The van der Waals surface area contributed by atoms with Crippen molar-refractivity contribution in [3.05, 3.63) is 0 Å². The second kappa shape index (κ2) is 6.95. The molecule has 2 atom stereocenters. The number of hydrogen-bond acceptors (Lipinski definition) is 2. The average Bonchev–Trinajstić information content (AvgIpc) is 2.27. The first-order chi connectivity index (χ1) is 7.94. The third-order valence-electron chi connectivity index (χ3n) is 3.40.